The standard InChI is InChI=1S/C22H33NO11/c1-11(2)19(27)31-17(14(7)24)18(32-20(28)12(3)4)16(26)22(30-15(25)9-10-23-8)34-33-21(29)13(5)6/h14,16-18,22-24,26H,1,3,5,9-10H2,2,4,6-8H3. The van der Waals surface area contributed by atoms with Crippen LogP contribution in [-0.2, 0) is 43.2 Å². The largest absolute Gasteiger partial charge is 0.452 e. The molecule has 0 saturated heterocycles. The summed E-state index contributed by atoms with van der Waals surface area (Å²) in [5.41, 5.74) is -0.214. The summed E-state index contributed by atoms with van der Waals surface area (Å²) in [5.74, 6) is -3.92. The first-order valence-electron chi connectivity index (χ1n) is 10.2. The number of carbonyl (C=O) groups excluding carboxylic acids is 4. The fourth-order valence-corrected chi connectivity index (χ4v) is 2.10. The lowest BCUT2D eigenvalue weighted by Gasteiger charge is -2.34. The molecule has 12 heteroatoms. The van der Waals surface area contributed by atoms with E-state index in [0.29, 0.717) is 0 Å². The highest BCUT2D eigenvalue weighted by atomic mass is 17.2. The Kier molecular flexibility index (Phi) is 13.6. The minimum absolute atomic E-state index is 0.0493. The van der Waals surface area contributed by atoms with Gasteiger partial charge in [0, 0.05) is 23.3 Å². The average Bonchev–Trinajstić information content (AvgIpc) is 2.75. The normalized spacial score (nSPS) is 15.0. The van der Waals surface area contributed by atoms with Crippen molar-refractivity contribution in [1.82, 2.24) is 5.32 Å². The number of rotatable bonds is 15. The molecular formula is C22H33NO11. The molecule has 192 valence electrons. The SMILES string of the molecule is C=C(C)C(=O)OOC(OC(=O)CCNC)C(O)C(OC(=O)C(=C)C)C(OC(=O)C(=C)C)C(C)O. The molecular weight excluding hydrogens is 454 g/mol. The molecule has 0 aliphatic heterocycles. The van der Waals surface area contributed by atoms with Crippen molar-refractivity contribution in [2.75, 3.05) is 13.6 Å². The number of esters is 3. The number of hydrogen-bond donors (Lipinski definition) is 3. The molecule has 0 aromatic rings. The van der Waals surface area contributed by atoms with E-state index in [0.717, 1.165) is 0 Å². The van der Waals surface area contributed by atoms with Crippen molar-refractivity contribution in [3.8, 4) is 0 Å². The van der Waals surface area contributed by atoms with E-state index in [4.69, 9.17) is 19.1 Å². The molecule has 0 aromatic carbocycles. The van der Waals surface area contributed by atoms with Crippen LogP contribution in [0.5, 0.6) is 0 Å². The lowest BCUT2D eigenvalue weighted by Crippen LogP contribution is -2.54. The molecule has 0 aliphatic carbocycles. The van der Waals surface area contributed by atoms with E-state index in [1.807, 2.05) is 0 Å². The Hall–Kier alpha value is -3.06. The summed E-state index contributed by atoms with van der Waals surface area (Å²) in [6.45, 7) is 15.6. The highest BCUT2D eigenvalue weighted by molar-refractivity contribution is 5.88. The van der Waals surface area contributed by atoms with Gasteiger partial charge in [0.05, 0.1) is 12.5 Å². The molecule has 0 radical (unpaired) electrons. The van der Waals surface area contributed by atoms with Gasteiger partial charge >= 0.3 is 23.9 Å². The van der Waals surface area contributed by atoms with Gasteiger partial charge in [-0.3, -0.25) is 9.68 Å². The Labute approximate surface area is 198 Å². The zero-order chi connectivity index (χ0) is 26.6. The van der Waals surface area contributed by atoms with E-state index in [-0.39, 0.29) is 29.7 Å². The van der Waals surface area contributed by atoms with Crippen molar-refractivity contribution in [3.63, 3.8) is 0 Å². The van der Waals surface area contributed by atoms with E-state index in [1.54, 1.807) is 7.05 Å². The summed E-state index contributed by atoms with van der Waals surface area (Å²) in [7, 11) is 1.58. The van der Waals surface area contributed by atoms with E-state index in [2.05, 4.69) is 29.9 Å². The molecule has 5 unspecified atom stereocenters. The maximum Gasteiger partial charge on any atom is 0.368 e. The number of hydrogen-bond acceptors (Lipinski definition) is 12. The molecule has 0 aliphatic rings. The molecule has 0 heterocycles. The van der Waals surface area contributed by atoms with Crippen LogP contribution in [0.1, 0.15) is 34.1 Å². The van der Waals surface area contributed by atoms with Crippen LogP contribution in [-0.4, -0.2) is 78.4 Å². The van der Waals surface area contributed by atoms with Crippen LogP contribution in [0.2, 0.25) is 0 Å². The summed E-state index contributed by atoms with van der Waals surface area (Å²) in [4.78, 5) is 57.5. The predicted molar refractivity (Wildman–Crippen MR) is 117 cm³/mol. The van der Waals surface area contributed by atoms with Gasteiger partial charge in [0.1, 0.15) is 0 Å². The first-order valence-corrected chi connectivity index (χ1v) is 10.2. The van der Waals surface area contributed by atoms with Gasteiger partial charge in [-0.1, -0.05) is 19.7 Å². The maximum absolute atomic E-state index is 12.2. The summed E-state index contributed by atoms with van der Waals surface area (Å²) in [5, 5.41) is 23.8. The molecule has 0 aromatic heterocycles. The third-order valence-corrected chi connectivity index (χ3v) is 3.99. The van der Waals surface area contributed by atoms with E-state index in [9.17, 15) is 29.4 Å². The van der Waals surface area contributed by atoms with Crippen LogP contribution in [0.4, 0.5) is 0 Å². The van der Waals surface area contributed by atoms with Crippen molar-refractivity contribution in [1.29, 1.82) is 0 Å². The predicted octanol–water partition coefficient (Wildman–Crippen LogP) is 0.234. The summed E-state index contributed by atoms with van der Waals surface area (Å²) >= 11 is 0. The topological polar surface area (TPSA) is 167 Å². The smallest absolute Gasteiger partial charge is 0.368 e. The quantitative estimate of drug-likeness (QED) is 0.0720. The summed E-state index contributed by atoms with van der Waals surface area (Å²) < 4.78 is 15.4. The van der Waals surface area contributed by atoms with Crippen molar-refractivity contribution in [2.45, 2.75) is 64.8 Å². The van der Waals surface area contributed by atoms with Crippen LogP contribution >= 0.6 is 0 Å². The molecule has 0 rings (SSSR count). The molecule has 3 N–H and O–H groups in total. The van der Waals surface area contributed by atoms with Crippen LogP contribution in [0.25, 0.3) is 0 Å². The third-order valence-electron chi connectivity index (χ3n) is 3.99. The molecule has 0 saturated carbocycles. The van der Waals surface area contributed by atoms with Crippen LogP contribution < -0.4 is 5.32 Å². The minimum Gasteiger partial charge on any atom is -0.452 e. The van der Waals surface area contributed by atoms with Gasteiger partial charge in [-0.15, -0.1) is 4.89 Å². The molecule has 0 bridgehead atoms. The zero-order valence-corrected chi connectivity index (χ0v) is 20.0. The van der Waals surface area contributed by atoms with E-state index in [1.165, 1.54) is 27.7 Å². The fraction of sp³-hybridized carbons (Fsp3) is 0.545. The monoisotopic (exact) mass is 487 g/mol. The second-order valence-electron chi connectivity index (χ2n) is 7.49. The Morgan fingerprint density at radius 2 is 1.29 bits per heavy atom. The average molecular weight is 488 g/mol. The zero-order valence-electron chi connectivity index (χ0n) is 20.0. The van der Waals surface area contributed by atoms with Gasteiger partial charge in [-0.2, -0.15) is 0 Å². The van der Waals surface area contributed by atoms with Gasteiger partial charge < -0.3 is 29.7 Å². The Bertz CT molecular complexity index is 790. The molecule has 0 fully saturated rings. The number of aliphatic hydroxyl groups excluding tert-OH is 2. The van der Waals surface area contributed by atoms with Crippen LogP contribution in [0.3, 0.4) is 0 Å². The Balaban J connectivity index is 6.16. The molecule has 0 amide bonds. The number of carbonyl (C=O) groups is 4. The van der Waals surface area contributed by atoms with Crippen molar-refractivity contribution in [2.24, 2.45) is 0 Å². The summed E-state index contributed by atoms with van der Waals surface area (Å²) in [6.07, 6.45) is -9.38. The Morgan fingerprint density at radius 1 is 0.824 bits per heavy atom. The number of nitrogens with one attached hydrogen (secondary N) is 1. The minimum atomic E-state index is -2.11. The lowest BCUT2D eigenvalue weighted by atomic mass is 10.0. The molecule has 5 atom stereocenters. The van der Waals surface area contributed by atoms with Crippen molar-refractivity contribution < 1.29 is 53.4 Å². The number of ether oxygens (including phenoxy) is 3. The van der Waals surface area contributed by atoms with Crippen molar-refractivity contribution in [3.05, 3.63) is 36.5 Å². The van der Waals surface area contributed by atoms with Gasteiger partial charge in [-0.05, 0) is 34.7 Å². The third kappa shape index (κ3) is 10.7. The van der Waals surface area contributed by atoms with Gasteiger partial charge in [0.25, 0.3) is 6.29 Å². The van der Waals surface area contributed by atoms with Crippen LogP contribution in [0.15, 0.2) is 36.5 Å². The van der Waals surface area contributed by atoms with Crippen LogP contribution in [0, 0.1) is 0 Å². The second-order valence-corrected chi connectivity index (χ2v) is 7.49. The summed E-state index contributed by atoms with van der Waals surface area (Å²) in [6, 6.07) is 0. The maximum atomic E-state index is 12.2. The van der Waals surface area contributed by atoms with Gasteiger partial charge in [0.2, 0.25) is 0 Å². The molecule has 12 nitrogen and oxygen atoms in total. The van der Waals surface area contributed by atoms with Gasteiger partial charge in [0.15, 0.2) is 18.3 Å². The van der Waals surface area contributed by atoms with E-state index >= 15 is 0 Å². The van der Waals surface area contributed by atoms with Crippen molar-refractivity contribution >= 4 is 23.9 Å². The molecule has 34 heavy (non-hydrogen) atoms. The van der Waals surface area contributed by atoms with E-state index < -0.39 is 54.6 Å². The first-order chi connectivity index (χ1) is 15.7. The highest BCUT2D eigenvalue weighted by Crippen LogP contribution is 2.21. The second kappa shape index (κ2) is 15.0. The Morgan fingerprint density at radius 3 is 1.71 bits per heavy atom. The first kappa shape index (κ1) is 30.9. The fourth-order valence-electron chi connectivity index (χ4n) is 2.10. The number of aliphatic hydroxyl groups is 2. The lowest BCUT2D eigenvalue weighted by molar-refractivity contribution is -0.367. The van der Waals surface area contributed by atoms with Gasteiger partial charge in [-0.25, -0.2) is 14.4 Å². The molecule has 0 spiro atoms. The highest BCUT2D eigenvalue weighted by Gasteiger charge is 2.44.